The summed E-state index contributed by atoms with van der Waals surface area (Å²) in [5, 5.41) is 13.6. The molecule has 0 aliphatic rings. The molecule has 4 N–H and O–H groups in total. The summed E-state index contributed by atoms with van der Waals surface area (Å²) in [7, 11) is 1.56. The number of nitrogens with two attached hydrogens (primary N) is 1. The van der Waals surface area contributed by atoms with Gasteiger partial charge in [-0.1, -0.05) is 40.2 Å². The number of benzene rings is 1. The van der Waals surface area contributed by atoms with Gasteiger partial charge in [-0.3, -0.25) is 4.79 Å². The molecule has 0 radical (unpaired) electrons. The molecule has 1 amide bonds. The van der Waals surface area contributed by atoms with Gasteiger partial charge in [-0.25, -0.2) is 4.79 Å². The number of aliphatic hydroxyl groups excluding tert-OH is 1. The zero-order valence-corrected chi connectivity index (χ0v) is 21.2. The fraction of sp³-hybridized carbons (Fsp3) is 0.692. The third kappa shape index (κ3) is 9.72. The highest BCUT2D eigenvalue weighted by Crippen LogP contribution is 2.28. The quantitative estimate of drug-likeness (QED) is 0.270. The third-order valence-corrected chi connectivity index (χ3v) is 6.18. The molecular weight excluding hydrogens is 420 g/mol. The lowest BCUT2D eigenvalue weighted by atomic mass is 9.81. The van der Waals surface area contributed by atoms with Crippen LogP contribution in [0.3, 0.4) is 0 Å². The van der Waals surface area contributed by atoms with Gasteiger partial charge < -0.3 is 25.6 Å². The molecule has 0 spiro atoms. The van der Waals surface area contributed by atoms with Crippen molar-refractivity contribution in [2.75, 3.05) is 20.3 Å². The Hall–Kier alpha value is -2.12. The zero-order valence-electron chi connectivity index (χ0n) is 21.2. The molecule has 0 heterocycles. The summed E-state index contributed by atoms with van der Waals surface area (Å²) in [6.45, 7) is 10.8. The van der Waals surface area contributed by atoms with Gasteiger partial charge in [0, 0.05) is 18.5 Å². The number of carbonyl (C=O) groups excluding carboxylic acids is 2. The summed E-state index contributed by atoms with van der Waals surface area (Å²) >= 11 is 0. The van der Waals surface area contributed by atoms with E-state index in [4.69, 9.17) is 15.2 Å². The monoisotopic (exact) mass is 464 g/mol. The van der Waals surface area contributed by atoms with Crippen molar-refractivity contribution < 1.29 is 24.2 Å². The molecule has 4 atom stereocenters. The smallest absolute Gasteiger partial charge is 0.338 e. The standard InChI is InChI=1S/C26H44N2O5/c1-7-9-12-28-25(30)18(5)13-24(29)23(27)15-20(17(3)4)14-19-10-11-21(32-6)16-22(19)26(31)33-8-2/h10-11,16-18,20,23-24,29H,7-9,12-15,27H2,1-6H3,(H,28,30)/t18?,20-,23-,24-/m0/s1. The first kappa shape index (κ1) is 28.9. The Balaban J connectivity index is 2.86. The van der Waals surface area contributed by atoms with E-state index >= 15 is 0 Å². The minimum absolute atomic E-state index is 0.0487. The van der Waals surface area contributed by atoms with Crippen LogP contribution in [0.25, 0.3) is 0 Å². The molecule has 7 heteroatoms. The predicted molar refractivity (Wildman–Crippen MR) is 131 cm³/mol. The maximum absolute atomic E-state index is 12.5. The maximum Gasteiger partial charge on any atom is 0.338 e. The molecule has 33 heavy (non-hydrogen) atoms. The molecular formula is C26H44N2O5. The number of ether oxygens (including phenoxy) is 2. The number of carbonyl (C=O) groups is 2. The van der Waals surface area contributed by atoms with Crippen molar-refractivity contribution in [1.29, 1.82) is 0 Å². The molecule has 0 fully saturated rings. The highest BCUT2D eigenvalue weighted by Gasteiger charge is 2.27. The molecule has 0 aromatic heterocycles. The largest absolute Gasteiger partial charge is 0.497 e. The Kier molecular flexibility index (Phi) is 13.1. The van der Waals surface area contributed by atoms with Gasteiger partial charge >= 0.3 is 5.97 Å². The molecule has 1 aromatic rings. The minimum Gasteiger partial charge on any atom is -0.497 e. The lowest BCUT2D eigenvalue weighted by Crippen LogP contribution is -2.41. The molecule has 0 aliphatic heterocycles. The van der Waals surface area contributed by atoms with Gasteiger partial charge in [0.1, 0.15) is 5.75 Å². The normalized spacial score (nSPS) is 14.9. The first-order valence-electron chi connectivity index (χ1n) is 12.2. The van der Waals surface area contributed by atoms with E-state index in [2.05, 4.69) is 26.1 Å². The van der Waals surface area contributed by atoms with E-state index in [0.717, 1.165) is 18.4 Å². The van der Waals surface area contributed by atoms with Crippen LogP contribution in [-0.4, -0.2) is 49.4 Å². The summed E-state index contributed by atoms with van der Waals surface area (Å²) in [5.74, 6) is 0.298. The van der Waals surface area contributed by atoms with Crippen molar-refractivity contribution in [3.8, 4) is 5.75 Å². The van der Waals surface area contributed by atoms with Crippen molar-refractivity contribution in [2.24, 2.45) is 23.5 Å². The topological polar surface area (TPSA) is 111 Å². The zero-order chi connectivity index (χ0) is 25.0. The number of rotatable bonds is 15. The molecule has 1 unspecified atom stereocenters. The van der Waals surface area contributed by atoms with Crippen LogP contribution in [0.2, 0.25) is 0 Å². The Morgan fingerprint density at radius 2 is 1.85 bits per heavy atom. The van der Waals surface area contributed by atoms with Crippen LogP contribution in [0.1, 0.15) is 76.2 Å². The maximum atomic E-state index is 12.5. The second-order valence-corrected chi connectivity index (χ2v) is 9.20. The van der Waals surface area contributed by atoms with Gasteiger partial charge in [0.15, 0.2) is 0 Å². The number of methoxy groups -OCH3 is 1. The minimum atomic E-state index is -0.779. The Morgan fingerprint density at radius 1 is 1.15 bits per heavy atom. The Morgan fingerprint density at radius 3 is 2.42 bits per heavy atom. The SMILES string of the molecule is CCCCNC(=O)C(C)C[C@H](O)[C@@H](N)C[C@H](Cc1ccc(OC)cc1C(=O)OCC)C(C)C. The fourth-order valence-electron chi connectivity index (χ4n) is 3.85. The van der Waals surface area contributed by atoms with E-state index in [1.54, 1.807) is 20.1 Å². The van der Waals surface area contributed by atoms with Crippen LogP contribution in [0, 0.1) is 17.8 Å². The van der Waals surface area contributed by atoms with E-state index in [1.807, 2.05) is 19.1 Å². The van der Waals surface area contributed by atoms with E-state index in [1.165, 1.54) is 0 Å². The lowest BCUT2D eigenvalue weighted by Gasteiger charge is -2.28. The van der Waals surface area contributed by atoms with Gasteiger partial charge in [-0.2, -0.15) is 0 Å². The molecule has 0 aliphatic carbocycles. The van der Waals surface area contributed by atoms with Gasteiger partial charge in [0.05, 0.1) is 25.4 Å². The number of nitrogens with one attached hydrogen (secondary N) is 1. The van der Waals surface area contributed by atoms with E-state index in [-0.39, 0.29) is 29.6 Å². The van der Waals surface area contributed by atoms with Gasteiger partial charge in [0.2, 0.25) is 5.91 Å². The van der Waals surface area contributed by atoms with Crippen LogP contribution in [0.4, 0.5) is 0 Å². The second kappa shape index (κ2) is 14.9. The number of unbranched alkanes of at least 4 members (excludes halogenated alkanes) is 1. The van der Waals surface area contributed by atoms with E-state index in [0.29, 0.717) is 43.7 Å². The highest BCUT2D eigenvalue weighted by molar-refractivity contribution is 5.91. The molecule has 0 saturated carbocycles. The van der Waals surface area contributed by atoms with Crippen LogP contribution < -0.4 is 15.8 Å². The average molecular weight is 465 g/mol. The number of aliphatic hydroxyl groups is 1. The molecule has 1 aromatic carbocycles. The predicted octanol–water partition coefficient (Wildman–Crippen LogP) is 3.71. The lowest BCUT2D eigenvalue weighted by molar-refractivity contribution is -0.125. The van der Waals surface area contributed by atoms with Crippen molar-refractivity contribution in [3.63, 3.8) is 0 Å². The van der Waals surface area contributed by atoms with Crippen LogP contribution in [0.15, 0.2) is 18.2 Å². The van der Waals surface area contributed by atoms with E-state index in [9.17, 15) is 14.7 Å². The van der Waals surface area contributed by atoms with Crippen molar-refractivity contribution >= 4 is 11.9 Å². The number of hydrogen-bond donors (Lipinski definition) is 3. The molecule has 188 valence electrons. The average Bonchev–Trinajstić information content (AvgIpc) is 2.78. The van der Waals surface area contributed by atoms with Crippen molar-refractivity contribution in [2.45, 2.75) is 78.9 Å². The molecule has 0 bridgehead atoms. The van der Waals surface area contributed by atoms with Crippen LogP contribution >= 0.6 is 0 Å². The number of amides is 1. The summed E-state index contributed by atoms with van der Waals surface area (Å²) in [6, 6.07) is 4.97. The molecule has 1 rings (SSSR count). The van der Waals surface area contributed by atoms with E-state index < -0.39 is 12.1 Å². The fourth-order valence-corrected chi connectivity index (χ4v) is 3.85. The second-order valence-electron chi connectivity index (χ2n) is 9.20. The van der Waals surface area contributed by atoms with Gasteiger partial charge in [-0.05, 0) is 62.1 Å². The first-order chi connectivity index (χ1) is 15.6. The summed E-state index contributed by atoms with van der Waals surface area (Å²) < 4.78 is 10.5. The number of hydrogen-bond acceptors (Lipinski definition) is 6. The molecule has 0 saturated heterocycles. The molecule has 7 nitrogen and oxygen atoms in total. The van der Waals surface area contributed by atoms with Crippen LogP contribution in [0.5, 0.6) is 5.75 Å². The third-order valence-electron chi connectivity index (χ3n) is 6.18. The van der Waals surface area contributed by atoms with Crippen LogP contribution in [-0.2, 0) is 16.0 Å². The Bertz CT molecular complexity index is 737. The number of esters is 1. The highest BCUT2D eigenvalue weighted by atomic mass is 16.5. The summed E-state index contributed by atoms with van der Waals surface area (Å²) in [4.78, 5) is 24.8. The van der Waals surface area contributed by atoms with Crippen molar-refractivity contribution in [1.82, 2.24) is 5.32 Å². The Labute approximate surface area is 199 Å². The first-order valence-corrected chi connectivity index (χ1v) is 12.2. The summed E-state index contributed by atoms with van der Waals surface area (Å²) in [5.41, 5.74) is 7.74. The summed E-state index contributed by atoms with van der Waals surface area (Å²) in [6.07, 6.45) is 2.71. The van der Waals surface area contributed by atoms with Gasteiger partial charge in [0.25, 0.3) is 0 Å². The van der Waals surface area contributed by atoms with Gasteiger partial charge in [-0.15, -0.1) is 0 Å². The van der Waals surface area contributed by atoms with Crippen molar-refractivity contribution in [3.05, 3.63) is 29.3 Å².